The zero-order valence-corrected chi connectivity index (χ0v) is 13.2. The maximum Gasteiger partial charge on any atom is 0.306 e. The van der Waals surface area contributed by atoms with Gasteiger partial charge in [0.2, 0.25) is 0 Å². The number of nitrogens with zero attached hydrogens (tertiary/aromatic N) is 4. The number of anilines is 1. The summed E-state index contributed by atoms with van der Waals surface area (Å²) in [5.74, 6) is 0. The van der Waals surface area contributed by atoms with Gasteiger partial charge in [-0.3, -0.25) is 14.8 Å². The van der Waals surface area contributed by atoms with E-state index in [1.54, 1.807) is 0 Å². The van der Waals surface area contributed by atoms with Gasteiger partial charge in [0.1, 0.15) is 12.4 Å². The normalized spacial score (nSPS) is 12.2. The van der Waals surface area contributed by atoms with Crippen molar-refractivity contribution >= 4 is 22.1 Å². The van der Waals surface area contributed by atoms with Crippen LogP contribution in [0.1, 0.15) is 0 Å². The van der Waals surface area contributed by atoms with Gasteiger partial charge >= 0.3 is 5.69 Å². The van der Waals surface area contributed by atoms with Crippen LogP contribution in [0.2, 0.25) is 0 Å². The second-order valence-electron chi connectivity index (χ2n) is 5.71. The average Bonchev–Trinajstić information content (AvgIpc) is 3.02. The number of hydrogen-bond donors (Lipinski definition) is 1. The van der Waals surface area contributed by atoms with Gasteiger partial charge in [-0.05, 0) is 11.5 Å². The number of hydrogen-bond acceptors (Lipinski definition) is 5. The van der Waals surface area contributed by atoms with E-state index in [-0.39, 0.29) is 12.2 Å². The van der Waals surface area contributed by atoms with E-state index in [2.05, 4.69) is 5.10 Å². The van der Waals surface area contributed by atoms with Gasteiger partial charge in [0.15, 0.2) is 0 Å². The first-order valence-corrected chi connectivity index (χ1v) is 7.58. The molecule has 124 valence electrons. The second kappa shape index (κ2) is 6.67. The SMILES string of the molecule is CN(C[C@@H](O)Cn1cc([N+](=O)[O-])cn1)c1cccc2ccccc12. The highest BCUT2D eigenvalue weighted by Gasteiger charge is 2.14. The van der Waals surface area contributed by atoms with Gasteiger partial charge in [-0.25, -0.2) is 0 Å². The fraction of sp³-hybridized carbons (Fsp3) is 0.235. The summed E-state index contributed by atoms with van der Waals surface area (Å²) in [4.78, 5) is 12.1. The Kier molecular flexibility index (Phi) is 4.43. The minimum absolute atomic E-state index is 0.0791. The van der Waals surface area contributed by atoms with Crippen LogP contribution in [0.3, 0.4) is 0 Å². The number of aliphatic hydroxyl groups is 1. The number of aliphatic hydroxyl groups excluding tert-OH is 1. The van der Waals surface area contributed by atoms with Crippen LogP contribution in [0.15, 0.2) is 54.9 Å². The van der Waals surface area contributed by atoms with Gasteiger partial charge in [0, 0.05) is 24.7 Å². The summed E-state index contributed by atoms with van der Waals surface area (Å²) in [6, 6.07) is 14.1. The molecule has 0 radical (unpaired) electrons. The smallest absolute Gasteiger partial charge is 0.306 e. The standard InChI is InChI=1S/C17H18N4O3/c1-19(17-8-4-6-13-5-2-3-7-16(13)17)11-15(22)12-20-10-14(9-18-20)21(23)24/h2-10,15,22H,11-12H2,1H3/t15-/m1/s1. The molecule has 24 heavy (non-hydrogen) atoms. The van der Waals surface area contributed by atoms with E-state index in [4.69, 9.17) is 0 Å². The van der Waals surface area contributed by atoms with Crippen molar-refractivity contribution < 1.29 is 10.0 Å². The molecule has 0 fully saturated rings. The summed E-state index contributed by atoms with van der Waals surface area (Å²) < 4.78 is 1.39. The van der Waals surface area contributed by atoms with Crippen molar-refractivity contribution in [2.75, 3.05) is 18.5 Å². The quantitative estimate of drug-likeness (QED) is 0.555. The molecule has 3 aromatic rings. The van der Waals surface area contributed by atoms with Crippen molar-refractivity contribution in [3.63, 3.8) is 0 Å². The number of likely N-dealkylation sites (N-methyl/N-ethyl adjacent to an activating group) is 1. The van der Waals surface area contributed by atoms with Gasteiger partial charge in [0.25, 0.3) is 0 Å². The van der Waals surface area contributed by atoms with E-state index in [1.165, 1.54) is 17.1 Å². The van der Waals surface area contributed by atoms with Crippen molar-refractivity contribution in [1.29, 1.82) is 0 Å². The Bertz CT molecular complexity index is 856. The minimum atomic E-state index is -0.700. The van der Waals surface area contributed by atoms with Gasteiger partial charge in [-0.1, -0.05) is 36.4 Å². The van der Waals surface area contributed by atoms with Crippen molar-refractivity contribution in [2.24, 2.45) is 0 Å². The van der Waals surface area contributed by atoms with Crippen molar-refractivity contribution in [3.05, 3.63) is 65.0 Å². The molecule has 3 rings (SSSR count). The molecule has 0 aliphatic carbocycles. The molecule has 0 amide bonds. The number of aromatic nitrogens is 2. The van der Waals surface area contributed by atoms with Gasteiger partial charge < -0.3 is 10.0 Å². The van der Waals surface area contributed by atoms with Gasteiger partial charge in [-0.2, -0.15) is 5.10 Å². The van der Waals surface area contributed by atoms with Crippen LogP contribution >= 0.6 is 0 Å². The average molecular weight is 326 g/mol. The van der Waals surface area contributed by atoms with Crippen LogP contribution in [0.4, 0.5) is 11.4 Å². The highest BCUT2D eigenvalue weighted by atomic mass is 16.6. The van der Waals surface area contributed by atoms with Crippen molar-refractivity contribution in [3.8, 4) is 0 Å². The summed E-state index contributed by atoms with van der Waals surface area (Å²) in [7, 11) is 1.91. The van der Waals surface area contributed by atoms with Crippen LogP contribution in [-0.2, 0) is 6.54 Å². The third-order valence-corrected chi connectivity index (χ3v) is 3.89. The highest BCUT2D eigenvalue weighted by Crippen LogP contribution is 2.25. The molecular formula is C17H18N4O3. The van der Waals surface area contributed by atoms with E-state index in [9.17, 15) is 15.2 Å². The van der Waals surface area contributed by atoms with E-state index in [0.717, 1.165) is 16.5 Å². The van der Waals surface area contributed by atoms with E-state index >= 15 is 0 Å². The van der Waals surface area contributed by atoms with E-state index < -0.39 is 11.0 Å². The summed E-state index contributed by atoms with van der Waals surface area (Å²) in [5, 5.41) is 27.1. The van der Waals surface area contributed by atoms with Crippen molar-refractivity contribution in [2.45, 2.75) is 12.6 Å². The Labute approximate surface area is 138 Å². The Morgan fingerprint density at radius 1 is 1.29 bits per heavy atom. The van der Waals surface area contributed by atoms with Gasteiger partial charge in [0.05, 0.1) is 17.6 Å². The number of rotatable bonds is 6. The highest BCUT2D eigenvalue weighted by molar-refractivity contribution is 5.94. The Morgan fingerprint density at radius 2 is 2.04 bits per heavy atom. The Morgan fingerprint density at radius 3 is 2.79 bits per heavy atom. The predicted molar refractivity (Wildman–Crippen MR) is 92.1 cm³/mol. The molecule has 0 aliphatic rings. The lowest BCUT2D eigenvalue weighted by atomic mass is 10.1. The number of benzene rings is 2. The largest absolute Gasteiger partial charge is 0.389 e. The molecule has 7 nitrogen and oxygen atoms in total. The fourth-order valence-corrected chi connectivity index (χ4v) is 2.78. The monoisotopic (exact) mass is 326 g/mol. The third-order valence-electron chi connectivity index (χ3n) is 3.89. The molecule has 0 saturated carbocycles. The first-order valence-electron chi connectivity index (χ1n) is 7.58. The molecule has 1 N–H and O–H groups in total. The zero-order chi connectivity index (χ0) is 17.1. The lowest BCUT2D eigenvalue weighted by molar-refractivity contribution is -0.385. The first kappa shape index (κ1) is 15.9. The molecule has 1 atom stereocenters. The zero-order valence-electron chi connectivity index (χ0n) is 13.2. The molecule has 0 spiro atoms. The molecule has 7 heteroatoms. The lowest BCUT2D eigenvalue weighted by Gasteiger charge is -2.24. The number of nitro groups is 1. The van der Waals surface area contributed by atoms with Crippen LogP contribution < -0.4 is 4.90 Å². The maximum absolute atomic E-state index is 10.7. The summed E-state index contributed by atoms with van der Waals surface area (Å²) >= 11 is 0. The molecule has 0 saturated heterocycles. The predicted octanol–water partition coefficient (Wildman–Crippen LogP) is 2.44. The molecule has 2 aromatic carbocycles. The lowest BCUT2D eigenvalue weighted by Crippen LogP contribution is -2.32. The van der Waals surface area contributed by atoms with Gasteiger partial charge in [-0.15, -0.1) is 0 Å². The molecule has 1 heterocycles. The first-order chi connectivity index (χ1) is 11.5. The molecular weight excluding hydrogens is 308 g/mol. The maximum atomic E-state index is 10.7. The molecule has 1 aromatic heterocycles. The number of fused-ring (bicyclic) bond motifs is 1. The van der Waals surface area contributed by atoms with E-state index in [1.807, 2.05) is 54.4 Å². The Balaban J connectivity index is 1.71. The molecule has 0 unspecified atom stereocenters. The second-order valence-corrected chi connectivity index (χ2v) is 5.71. The van der Waals surface area contributed by atoms with E-state index in [0.29, 0.717) is 6.54 Å². The fourth-order valence-electron chi connectivity index (χ4n) is 2.78. The van der Waals surface area contributed by atoms with Crippen LogP contribution in [0.25, 0.3) is 10.8 Å². The topological polar surface area (TPSA) is 84.4 Å². The third kappa shape index (κ3) is 3.36. The summed E-state index contributed by atoms with van der Waals surface area (Å²) in [6.07, 6.45) is 1.80. The van der Waals surface area contributed by atoms with Crippen LogP contribution in [0, 0.1) is 10.1 Å². The minimum Gasteiger partial charge on any atom is -0.389 e. The molecule has 0 bridgehead atoms. The molecule has 0 aliphatic heterocycles. The van der Waals surface area contributed by atoms with Crippen molar-refractivity contribution in [1.82, 2.24) is 9.78 Å². The Hall–Kier alpha value is -2.93. The summed E-state index contributed by atoms with van der Waals surface area (Å²) in [6.45, 7) is 0.588. The van der Waals surface area contributed by atoms with Crippen LogP contribution in [0.5, 0.6) is 0 Å². The van der Waals surface area contributed by atoms with Crippen LogP contribution in [-0.4, -0.2) is 39.5 Å². The summed E-state index contributed by atoms with van der Waals surface area (Å²) in [5.41, 5.74) is 0.947.